The van der Waals surface area contributed by atoms with Gasteiger partial charge in [-0.15, -0.1) is 11.8 Å². The fraction of sp³-hybridized carbons (Fsp3) is 0.300. The number of benzene rings is 1. The van der Waals surface area contributed by atoms with E-state index in [0.29, 0.717) is 0 Å². The molecule has 1 aliphatic heterocycles. The van der Waals surface area contributed by atoms with E-state index in [9.17, 15) is 4.79 Å². The molecule has 1 heterocycles. The van der Waals surface area contributed by atoms with Gasteiger partial charge in [-0.25, -0.2) is 0 Å². The fourth-order valence-electron chi connectivity index (χ4n) is 1.60. The Bertz CT molecular complexity index is 341. The molecule has 2 N–H and O–H groups in total. The minimum Gasteiger partial charge on any atom is -0.317 e. The minimum atomic E-state index is -0.342. The van der Waals surface area contributed by atoms with Gasteiger partial charge in [0.2, 0.25) is 5.91 Å². The van der Waals surface area contributed by atoms with Crippen LogP contribution in [0.4, 0.5) is 5.69 Å². The molecule has 0 saturated carbocycles. The largest absolute Gasteiger partial charge is 0.317 e. The van der Waals surface area contributed by atoms with Crippen molar-refractivity contribution in [2.24, 2.45) is 5.73 Å². The van der Waals surface area contributed by atoms with Crippen molar-refractivity contribution in [3.63, 3.8) is 0 Å². The zero-order chi connectivity index (χ0) is 10.1. The summed E-state index contributed by atoms with van der Waals surface area (Å²) in [6.07, 6.45) is 1.97. The lowest BCUT2D eigenvalue weighted by Crippen LogP contribution is -2.67. The maximum Gasteiger partial charge on any atom is 0.247 e. The van der Waals surface area contributed by atoms with Crippen molar-refractivity contribution in [2.75, 3.05) is 11.2 Å². The number of nitrogens with zero attached hydrogens (tertiary/aromatic N) is 1. The predicted molar refractivity (Wildman–Crippen MR) is 59.2 cm³/mol. The summed E-state index contributed by atoms with van der Waals surface area (Å²) in [6, 6.07) is 9.28. The van der Waals surface area contributed by atoms with Crippen molar-refractivity contribution in [1.82, 2.24) is 0 Å². The summed E-state index contributed by atoms with van der Waals surface area (Å²) < 4.78 is 0. The van der Waals surface area contributed by atoms with Gasteiger partial charge < -0.3 is 5.73 Å². The summed E-state index contributed by atoms with van der Waals surface area (Å²) in [7, 11) is 0. The number of anilines is 1. The highest BCUT2D eigenvalue weighted by Crippen LogP contribution is 2.32. The summed E-state index contributed by atoms with van der Waals surface area (Å²) in [5.74, 6) is 0.00977. The Balaban J connectivity index is 2.24. The highest BCUT2D eigenvalue weighted by atomic mass is 32.2. The highest BCUT2D eigenvalue weighted by Gasteiger charge is 2.45. The van der Waals surface area contributed by atoms with E-state index >= 15 is 0 Å². The van der Waals surface area contributed by atoms with Gasteiger partial charge in [0.05, 0.1) is 0 Å². The Morgan fingerprint density at radius 3 is 2.57 bits per heavy atom. The van der Waals surface area contributed by atoms with E-state index in [-0.39, 0.29) is 17.3 Å². The van der Waals surface area contributed by atoms with Gasteiger partial charge in [0.25, 0.3) is 0 Å². The van der Waals surface area contributed by atoms with E-state index in [4.69, 9.17) is 5.73 Å². The Morgan fingerprint density at radius 1 is 1.36 bits per heavy atom. The normalized spacial score (nSPS) is 26.1. The standard InChI is InChI=1S/C10H12N2OS/c1-14-10-8(11)9(13)12(10)7-5-3-2-4-6-7/h2-6,8,10H,11H2,1H3. The van der Waals surface area contributed by atoms with Crippen molar-refractivity contribution >= 4 is 23.4 Å². The van der Waals surface area contributed by atoms with Gasteiger partial charge >= 0.3 is 0 Å². The van der Waals surface area contributed by atoms with Gasteiger partial charge in [0.15, 0.2) is 0 Å². The number of amides is 1. The summed E-state index contributed by atoms with van der Waals surface area (Å²) in [4.78, 5) is 13.3. The Kier molecular flexibility index (Phi) is 2.48. The summed E-state index contributed by atoms with van der Waals surface area (Å²) in [6.45, 7) is 0. The van der Waals surface area contributed by atoms with Crippen LogP contribution in [0.5, 0.6) is 0 Å². The van der Waals surface area contributed by atoms with Gasteiger partial charge in [-0.05, 0) is 18.4 Å². The van der Waals surface area contributed by atoms with Crippen molar-refractivity contribution in [3.05, 3.63) is 30.3 Å². The quantitative estimate of drug-likeness (QED) is 0.739. The third kappa shape index (κ3) is 1.31. The first-order valence-electron chi connectivity index (χ1n) is 4.42. The topological polar surface area (TPSA) is 46.3 Å². The maximum atomic E-state index is 11.5. The predicted octanol–water partition coefficient (Wildman–Crippen LogP) is 1.05. The van der Waals surface area contributed by atoms with Crippen LogP contribution in [-0.2, 0) is 4.79 Å². The molecule has 0 bridgehead atoms. The Morgan fingerprint density at radius 2 is 2.00 bits per heavy atom. The monoisotopic (exact) mass is 208 g/mol. The number of para-hydroxylation sites is 1. The molecule has 4 heteroatoms. The molecule has 1 aliphatic rings. The lowest BCUT2D eigenvalue weighted by atomic mass is 10.1. The van der Waals surface area contributed by atoms with Crippen LogP contribution in [0.3, 0.4) is 0 Å². The number of hydrogen-bond donors (Lipinski definition) is 1. The number of hydrogen-bond acceptors (Lipinski definition) is 3. The number of carbonyl (C=O) groups is 1. The van der Waals surface area contributed by atoms with E-state index in [2.05, 4.69) is 0 Å². The lowest BCUT2D eigenvalue weighted by molar-refractivity contribution is -0.124. The Labute approximate surface area is 87.3 Å². The van der Waals surface area contributed by atoms with Crippen molar-refractivity contribution < 1.29 is 4.79 Å². The molecule has 0 spiro atoms. The van der Waals surface area contributed by atoms with E-state index < -0.39 is 0 Å². The second-order valence-corrected chi connectivity index (χ2v) is 4.15. The van der Waals surface area contributed by atoms with Crippen molar-refractivity contribution in [1.29, 1.82) is 0 Å². The molecule has 74 valence electrons. The maximum absolute atomic E-state index is 11.5. The second-order valence-electron chi connectivity index (χ2n) is 3.20. The Hall–Kier alpha value is -1.00. The van der Waals surface area contributed by atoms with Crippen LogP contribution in [0.2, 0.25) is 0 Å². The lowest BCUT2D eigenvalue weighted by Gasteiger charge is -2.44. The zero-order valence-electron chi connectivity index (χ0n) is 7.88. The molecule has 2 rings (SSSR count). The molecule has 2 unspecified atom stereocenters. The SMILES string of the molecule is CSC1C(N)C(=O)N1c1ccccc1. The number of nitrogens with two attached hydrogens (primary N) is 1. The summed E-state index contributed by atoms with van der Waals surface area (Å²) in [5.41, 5.74) is 6.62. The number of rotatable bonds is 2. The fourth-order valence-corrected chi connectivity index (χ4v) is 2.45. The highest BCUT2D eigenvalue weighted by molar-refractivity contribution is 7.99. The minimum absolute atomic E-state index is 0.00977. The molecule has 1 aromatic rings. The van der Waals surface area contributed by atoms with E-state index in [0.717, 1.165) is 5.69 Å². The first kappa shape index (κ1) is 9.55. The van der Waals surface area contributed by atoms with Crippen LogP contribution in [0.15, 0.2) is 30.3 Å². The molecular formula is C10H12N2OS. The molecule has 0 radical (unpaired) electrons. The van der Waals surface area contributed by atoms with Crippen molar-refractivity contribution in [2.45, 2.75) is 11.4 Å². The summed E-state index contributed by atoms with van der Waals surface area (Å²) >= 11 is 1.61. The number of carbonyl (C=O) groups excluding carboxylic acids is 1. The average Bonchev–Trinajstić information content (AvgIpc) is 2.25. The van der Waals surface area contributed by atoms with Crippen LogP contribution in [0.25, 0.3) is 0 Å². The van der Waals surface area contributed by atoms with Gasteiger partial charge in [0, 0.05) is 5.69 Å². The first-order chi connectivity index (χ1) is 6.75. The molecule has 1 fully saturated rings. The zero-order valence-corrected chi connectivity index (χ0v) is 8.70. The first-order valence-corrected chi connectivity index (χ1v) is 5.71. The van der Waals surface area contributed by atoms with Gasteiger partial charge in [-0.1, -0.05) is 18.2 Å². The third-order valence-corrected chi connectivity index (χ3v) is 3.35. The van der Waals surface area contributed by atoms with Crippen LogP contribution in [0.1, 0.15) is 0 Å². The molecule has 2 atom stereocenters. The van der Waals surface area contributed by atoms with Gasteiger partial charge in [-0.2, -0.15) is 0 Å². The van der Waals surface area contributed by atoms with Crippen LogP contribution < -0.4 is 10.6 Å². The number of thioether (sulfide) groups is 1. The second kappa shape index (κ2) is 3.63. The molecular weight excluding hydrogens is 196 g/mol. The smallest absolute Gasteiger partial charge is 0.247 e. The van der Waals surface area contributed by atoms with E-state index in [1.807, 2.05) is 36.6 Å². The van der Waals surface area contributed by atoms with Gasteiger partial charge in [-0.3, -0.25) is 9.69 Å². The van der Waals surface area contributed by atoms with Crippen LogP contribution in [-0.4, -0.2) is 23.6 Å². The third-order valence-electron chi connectivity index (χ3n) is 2.36. The molecule has 0 aromatic heterocycles. The summed E-state index contributed by atoms with van der Waals surface area (Å²) in [5, 5.41) is 0.0879. The molecule has 1 aromatic carbocycles. The molecule has 0 aliphatic carbocycles. The van der Waals surface area contributed by atoms with E-state index in [1.54, 1.807) is 16.7 Å². The number of β-lactam (4-membered cyclic amide) rings is 1. The molecule has 3 nitrogen and oxygen atoms in total. The van der Waals surface area contributed by atoms with Crippen molar-refractivity contribution in [3.8, 4) is 0 Å². The van der Waals surface area contributed by atoms with Crippen LogP contribution >= 0.6 is 11.8 Å². The van der Waals surface area contributed by atoms with E-state index in [1.165, 1.54) is 0 Å². The van der Waals surface area contributed by atoms with Gasteiger partial charge in [0.1, 0.15) is 11.4 Å². The molecule has 1 amide bonds. The molecule has 1 saturated heterocycles. The molecule has 14 heavy (non-hydrogen) atoms. The van der Waals surface area contributed by atoms with Crippen LogP contribution in [0, 0.1) is 0 Å². The average molecular weight is 208 g/mol.